The van der Waals surface area contributed by atoms with Crippen molar-refractivity contribution in [3.63, 3.8) is 0 Å². The van der Waals surface area contributed by atoms with Gasteiger partial charge < -0.3 is 19.4 Å². The zero-order valence-electron chi connectivity index (χ0n) is 23.5. The second-order valence-corrected chi connectivity index (χ2v) is 11.6. The number of ether oxygens (including phenoxy) is 1. The van der Waals surface area contributed by atoms with Crippen molar-refractivity contribution in [3.05, 3.63) is 59.3 Å². The summed E-state index contributed by atoms with van der Waals surface area (Å²) in [5.41, 5.74) is 5.06. The first-order chi connectivity index (χ1) is 19.6. The van der Waals surface area contributed by atoms with Crippen LogP contribution in [0.2, 0.25) is 0 Å². The number of carbonyl (C=O) groups is 1. The lowest BCUT2D eigenvalue weighted by Gasteiger charge is -2.41. The Morgan fingerprint density at radius 1 is 1.15 bits per heavy atom. The number of hydrogen-bond donors (Lipinski definition) is 0. The summed E-state index contributed by atoms with van der Waals surface area (Å²) in [5, 5.41) is 9.51. The van der Waals surface area contributed by atoms with Gasteiger partial charge in [0.15, 0.2) is 0 Å². The average Bonchev–Trinajstić information content (AvgIpc) is 3.60. The minimum atomic E-state index is -0.214. The fraction of sp³-hybridized carbons (Fsp3) is 0.548. The van der Waals surface area contributed by atoms with E-state index in [1.54, 1.807) is 4.90 Å². The zero-order chi connectivity index (χ0) is 27.6. The number of hydrogen-bond acceptors (Lipinski definition) is 8. The highest BCUT2D eigenvalue weighted by Crippen LogP contribution is 2.41. The van der Waals surface area contributed by atoms with Crippen molar-refractivity contribution in [3.8, 4) is 12.1 Å². The Labute approximate surface area is 237 Å². The van der Waals surface area contributed by atoms with E-state index >= 15 is 0 Å². The van der Waals surface area contributed by atoms with Gasteiger partial charge in [0, 0.05) is 50.4 Å². The molecule has 1 unspecified atom stereocenters. The predicted octanol–water partition coefficient (Wildman–Crippen LogP) is 3.46. The van der Waals surface area contributed by atoms with E-state index in [1.165, 1.54) is 30.0 Å². The average molecular weight is 542 g/mol. The van der Waals surface area contributed by atoms with Gasteiger partial charge in [-0.15, -0.1) is 0 Å². The number of carbonyl (C=O) groups excluding carboxylic acids is 1. The third-order valence-corrected chi connectivity index (χ3v) is 9.19. The number of aromatic nitrogens is 2. The molecule has 2 saturated heterocycles. The molecule has 3 aliphatic heterocycles. The summed E-state index contributed by atoms with van der Waals surface area (Å²) in [4.78, 5) is 31.4. The maximum absolute atomic E-state index is 12.5. The molecule has 0 spiro atoms. The maximum atomic E-state index is 12.5. The molecule has 210 valence electrons. The van der Waals surface area contributed by atoms with Gasteiger partial charge in [0.1, 0.15) is 12.4 Å². The van der Waals surface area contributed by atoms with Gasteiger partial charge in [0.05, 0.1) is 24.2 Å². The molecule has 2 fully saturated rings. The highest BCUT2D eigenvalue weighted by molar-refractivity contribution is 5.87. The van der Waals surface area contributed by atoms with Crippen molar-refractivity contribution in [2.75, 3.05) is 44.7 Å². The van der Waals surface area contributed by atoms with Crippen LogP contribution in [-0.4, -0.2) is 82.5 Å². The van der Waals surface area contributed by atoms with Crippen LogP contribution >= 0.6 is 0 Å². The van der Waals surface area contributed by atoms with Crippen LogP contribution in [0.3, 0.4) is 0 Å². The molecule has 0 N–H and O–H groups in total. The van der Waals surface area contributed by atoms with Gasteiger partial charge in [-0.2, -0.15) is 15.2 Å². The number of nitriles is 1. The minimum Gasteiger partial charge on any atom is -0.462 e. The molecule has 40 heavy (non-hydrogen) atoms. The molecule has 4 heterocycles. The summed E-state index contributed by atoms with van der Waals surface area (Å²) in [6.07, 6.45) is 7.38. The number of likely N-dealkylation sites (tertiary alicyclic amines) is 1. The van der Waals surface area contributed by atoms with Crippen LogP contribution in [0.25, 0.3) is 0 Å². The summed E-state index contributed by atoms with van der Waals surface area (Å²) in [7, 11) is 2.15. The van der Waals surface area contributed by atoms with E-state index < -0.39 is 0 Å². The lowest BCUT2D eigenvalue weighted by molar-refractivity contribution is -0.128. The number of amides is 1. The van der Waals surface area contributed by atoms with Crippen LogP contribution in [0.15, 0.2) is 36.9 Å². The summed E-state index contributed by atoms with van der Waals surface area (Å²) < 4.78 is 6.27. The van der Waals surface area contributed by atoms with Crippen LogP contribution in [-0.2, 0) is 24.3 Å². The van der Waals surface area contributed by atoms with Gasteiger partial charge in [-0.3, -0.25) is 9.69 Å². The number of anilines is 1. The first-order valence-electron chi connectivity index (χ1n) is 14.6. The van der Waals surface area contributed by atoms with E-state index in [9.17, 15) is 10.1 Å². The smallest absolute Gasteiger partial charge is 0.318 e. The van der Waals surface area contributed by atoms with Crippen molar-refractivity contribution in [2.45, 2.75) is 69.7 Å². The number of aryl methyl sites for hydroxylation is 1. The summed E-state index contributed by atoms with van der Waals surface area (Å²) in [6, 6.07) is 12.1. The Morgan fingerprint density at radius 2 is 2.02 bits per heavy atom. The first-order valence-corrected chi connectivity index (χ1v) is 14.6. The Bertz CT molecular complexity index is 1310. The number of nitrogens with zero attached hydrogens (tertiary/aromatic N) is 7. The number of likely N-dealkylation sites (N-methyl/N-ethyl adjacent to an activating group) is 1. The van der Waals surface area contributed by atoms with Gasteiger partial charge in [-0.05, 0) is 62.9 Å². The van der Waals surface area contributed by atoms with E-state index in [2.05, 4.69) is 58.7 Å². The van der Waals surface area contributed by atoms with Crippen LogP contribution in [0.5, 0.6) is 6.01 Å². The number of piperazine rings is 1. The van der Waals surface area contributed by atoms with E-state index in [0.29, 0.717) is 44.3 Å². The Kier molecular flexibility index (Phi) is 7.72. The standard InChI is InChI=1S/C31H39N7O2/c1-3-29(39)38-17-16-36(18-23(38)13-14-32)30-26-19-37(28-12-6-9-22-8-4-5-11-25(22)28)20-27(26)33-31(34-30)40-21-24-10-7-15-35(24)2/h3-5,8,11,23-24,28H,1,6-7,9-10,12-13,15-21H2,2H3/t23-,24-,28?/m0/s1. The third-order valence-electron chi connectivity index (χ3n) is 9.19. The second kappa shape index (κ2) is 11.6. The number of benzene rings is 1. The zero-order valence-corrected chi connectivity index (χ0v) is 23.5. The Hall–Kier alpha value is -3.48. The first kappa shape index (κ1) is 26.7. The predicted molar refractivity (Wildman–Crippen MR) is 153 cm³/mol. The maximum Gasteiger partial charge on any atom is 0.318 e. The normalized spacial score (nSPS) is 24.9. The van der Waals surface area contributed by atoms with E-state index in [1.807, 2.05) is 0 Å². The third kappa shape index (κ3) is 5.18. The molecule has 9 nitrogen and oxygen atoms in total. The van der Waals surface area contributed by atoms with Gasteiger partial charge >= 0.3 is 6.01 Å². The Balaban J connectivity index is 1.30. The van der Waals surface area contributed by atoms with Gasteiger partial charge in [-0.1, -0.05) is 30.8 Å². The number of rotatable bonds is 7. The lowest BCUT2D eigenvalue weighted by Crippen LogP contribution is -2.55. The summed E-state index contributed by atoms with van der Waals surface area (Å²) in [6.45, 7) is 8.59. The molecule has 2 aromatic rings. The molecule has 1 aliphatic carbocycles. The molecule has 3 atom stereocenters. The summed E-state index contributed by atoms with van der Waals surface area (Å²) in [5.74, 6) is 0.764. The van der Waals surface area contributed by atoms with Crippen molar-refractivity contribution in [1.82, 2.24) is 24.7 Å². The monoisotopic (exact) mass is 541 g/mol. The Morgan fingerprint density at radius 3 is 2.83 bits per heavy atom. The van der Waals surface area contributed by atoms with Crippen LogP contribution in [0.1, 0.15) is 60.5 Å². The van der Waals surface area contributed by atoms with Gasteiger partial charge in [0.25, 0.3) is 0 Å². The van der Waals surface area contributed by atoms with Crippen LogP contribution in [0.4, 0.5) is 5.82 Å². The highest BCUT2D eigenvalue weighted by Gasteiger charge is 2.37. The fourth-order valence-corrected chi connectivity index (χ4v) is 6.99. The number of fused-ring (bicyclic) bond motifs is 2. The quantitative estimate of drug-likeness (QED) is 0.493. The van der Waals surface area contributed by atoms with Crippen molar-refractivity contribution < 1.29 is 9.53 Å². The molecular formula is C31H39N7O2. The van der Waals surface area contributed by atoms with Crippen molar-refractivity contribution in [2.24, 2.45) is 0 Å². The second-order valence-electron chi connectivity index (χ2n) is 11.6. The molecule has 1 aromatic carbocycles. The fourth-order valence-electron chi connectivity index (χ4n) is 6.99. The van der Waals surface area contributed by atoms with Crippen molar-refractivity contribution in [1.29, 1.82) is 5.26 Å². The van der Waals surface area contributed by atoms with Crippen LogP contribution < -0.4 is 9.64 Å². The largest absolute Gasteiger partial charge is 0.462 e. The van der Waals surface area contributed by atoms with Gasteiger partial charge in [0.2, 0.25) is 5.91 Å². The topological polar surface area (TPSA) is 88.8 Å². The van der Waals surface area contributed by atoms with E-state index in [4.69, 9.17) is 14.7 Å². The lowest BCUT2D eigenvalue weighted by atomic mass is 9.87. The van der Waals surface area contributed by atoms with Crippen LogP contribution in [0, 0.1) is 11.3 Å². The minimum absolute atomic E-state index is 0.125. The SMILES string of the molecule is C=CC(=O)N1CCN(c2nc(OC[C@@H]3CCCN3C)nc3c2CN(C2CCCc4ccccc42)C3)C[C@@H]1CC#N. The van der Waals surface area contributed by atoms with Crippen molar-refractivity contribution >= 4 is 11.7 Å². The molecule has 0 bridgehead atoms. The molecule has 0 saturated carbocycles. The molecule has 1 amide bonds. The van der Waals surface area contributed by atoms with E-state index in [-0.39, 0.29) is 18.4 Å². The summed E-state index contributed by atoms with van der Waals surface area (Å²) >= 11 is 0. The van der Waals surface area contributed by atoms with Gasteiger partial charge in [-0.25, -0.2) is 0 Å². The molecule has 6 rings (SSSR count). The molecule has 0 radical (unpaired) electrons. The molecular weight excluding hydrogens is 502 g/mol. The molecule has 1 aromatic heterocycles. The molecule has 4 aliphatic rings. The van der Waals surface area contributed by atoms with E-state index in [0.717, 1.165) is 56.0 Å². The highest BCUT2D eigenvalue weighted by atomic mass is 16.5. The molecule has 9 heteroatoms.